The number of allylic oxidation sites excluding steroid dienone is 5. The summed E-state index contributed by atoms with van der Waals surface area (Å²) in [6.07, 6.45) is 12.9. The van der Waals surface area contributed by atoms with E-state index >= 15 is 0 Å². The Morgan fingerprint density at radius 3 is 3.33 bits per heavy atom. The molecule has 1 aliphatic carbocycles. The molecule has 62 valence electrons. The number of fused-ring (bicyclic) bond motifs is 2. The Morgan fingerprint density at radius 2 is 2.42 bits per heavy atom. The number of aliphatic imine (C=N–C) groups is 1. The summed E-state index contributed by atoms with van der Waals surface area (Å²) < 4.78 is 0. The second kappa shape index (κ2) is 3.10. The highest BCUT2D eigenvalue weighted by Gasteiger charge is 2.13. The summed E-state index contributed by atoms with van der Waals surface area (Å²) in [5.41, 5.74) is 2.55. The van der Waals surface area contributed by atoms with Crippen molar-refractivity contribution in [2.24, 2.45) is 10.9 Å². The second-order valence-electron chi connectivity index (χ2n) is 3.40. The first-order chi connectivity index (χ1) is 5.86. The van der Waals surface area contributed by atoms with Crippen molar-refractivity contribution in [3.05, 3.63) is 36.1 Å². The van der Waals surface area contributed by atoms with Gasteiger partial charge in [0.1, 0.15) is 0 Å². The first-order valence-electron chi connectivity index (χ1n) is 4.43. The summed E-state index contributed by atoms with van der Waals surface area (Å²) in [6, 6.07) is 0. The van der Waals surface area contributed by atoms with Crippen LogP contribution >= 0.6 is 0 Å². The molecule has 1 aliphatic heterocycles. The smallest absolute Gasteiger partial charge is 0.0438 e. The van der Waals surface area contributed by atoms with Crippen molar-refractivity contribution >= 4 is 5.71 Å². The lowest BCUT2D eigenvalue weighted by atomic mass is 9.98. The molecule has 12 heavy (non-hydrogen) atoms. The largest absolute Gasteiger partial charge is 0.261 e. The molecule has 0 aromatic heterocycles. The van der Waals surface area contributed by atoms with Crippen LogP contribution in [0.2, 0.25) is 0 Å². The Morgan fingerprint density at radius 1 is 1.50 bits per heavy atom. The third-order valence-corrected chi connectivity index (χ3v) is 2.41. The van der Waals surface area contributed by atoms with Crippen LogP contribution in [0.3, 0.4) is 0 Å². The Labute approximate surface area is 73.2 Å². The van der Waals surface area contributed by atoms with Gasteiger partial charge in [0.2, 0.25) is 0 Å². The summed E-state index contributed by atoms with van der Waals surface area (Å²) in [5.74, 6) is 0.663. The maximum absolute atomic E-state index is 4.41. The Hall–Kier alpha value is -1.11. The van der Waals surface area contributed by atoms with Crippen LogP contribution in [-0.4, -0.2) is 5.71 Å². The summed E-state index contributed by atoms with van der Waals surface area (Å²) in [6.45, 7) is 2.13. The Bertz CT molecular complexity index is 292. The minimum absolute atomic E-state index is 0.663. The molecule has 0 N–H and O–H groups in total. The lowest BCUT2D eigenvalue weighted by molar-refractivity contribution is 0.701. The van der Waals surface area contributed by atoms with Crippen LogP contribution in [0, 0.1) is 5.92 Å². The molecule has 2 rings (SSSR count). The zero-order valence-electron chi connectivity index (χ0n) is 7.33. The standard InChI is InChI=1S/C11H13N/c1-9-4-2-5-10-6-3-7-12-11(9)8-10/h2-5,7,10H,6,8H2,1H3. The normalized spacial score (nSPS) is 27.2. The quantitative estimate of drug-likeness (QED) is 0.515. The molecule has 1 atom stereocenters. The van der Waals surface area contributed by atoms with E-state index in [0.717, 1.165) is 12.8 Å². The number of rotatable bonds is 0. The van der Waals surface area contributed by atoms with Gasteiger partial charge in [0.05, 0.1) is 0 Å². The topological polar surface area (TPSA) is 12.4 Å². The number of nitrogens with zero attached hydrogens (tertiary/aromatic N) is 1. The summed E-state index contributed by atoms with van der Waals surface area (Å²) in [5, 5.41) is 0. The van der Waals surface area contributed by atoms with E-state index in [1.165, 1.54) is 11.3 Å². The van der Waals surface area contributed by atoms with Gasteiger partial charge in [-0.2, -0.15) is 0 Å². The van der Waals surface area contributed by atoms with Crippen molar-refractivity contribution in [3.63, 3.8) is 0 Å². The van der Waals surface area contributed by atoms with Gasteiger partial charge in [-0.3, -0.25) is 4.99 Å². The molecule has 2 bridgehead atoms. The molecule has 0 radical (unpaired) electrons. The maximum atomic E-state index is 4.41. The molecule has 0 spiro atoms. The lowest BCUT2D eigenvalue weighted by Gasteiger charge is -2.07. The Kier molecular flexibility index (Phi) is 1.94. The average molecular weight is 159 g/mol. The highest BCUT2D eigenvalue weighted by atomic mass is 14.7. The predicted octanol–water partition coefficient (Wildman–Crippen LogP) is 2.87. The highest BCUT2D eigenvalue weighted by molar-refractivity contribution is 6.01. The molecular weight excluding hydrogens is 146 g/mol. The number of hydrogen-bond acceptors (Lipinski definition) is 1. The first kappa shape index (κ1) is 7.53. The van der Waals surface area contributed by atoms with Crippen LogP contribution in [0.4, 0.5) is 0 Å². The van der Waals surface area contributed by atoms with Gasteiger partial charge >= 0.3 is 0 Å². The van der Waals surface area contributed by atoms with E-state index in [1.807, 2.05) is 6.20 Å². The molecule has 0 amide bonds. The minimum atomic E-state index is 0.663. The molecular formula is C11H13N. The van der Waals surface area contributed by atoms with Crippen LogP contribution in [0.25, 0.3) is 0 Å². The summed E-state index contributed by atoms with van der Waals surface area (Å²) in [7, 11) is 0. The highest BCUT2D eigenvalue weighted by Crippen LogP contribution is 2.21. The fourth-order valence-electron chi connectivity index (χ4n) is 1.63. The summed E-state index contributed by atoms with van der Waals surface area (Å²) in [4.78, 5) is 4.41. The van der Waals surface area contributed by atoms with Crippen LogP contribution in [-0.2, 0) is 0 Å². The van der Waals surface area contributed by atoms with Crippen molar-refractivity contribution in [3.8, 4) is 0 Å². The minimum Gasteiger partial charge on any atom is -0.261 e. The zero-order chi connectivity index (χ0) is 8.39. The van der Waals surface area contributed by atoms with Crippen molar-refractivity contribution in [1.29, 1.82) is 0 Å². The van der Waals surface area contributed by atoms with E-state index in [1.54, 1.807) is 0 Å². The van der Waals surface area contributed by atoms with Gasteiger partial charge < -0.3 is 0 Å². The molecule has 1 unspecified atom stereocenters. The van der Waals surface area contributed by atoms with Gasteiger partial charge in [-0.05, 0) is 31.3 Å². The molecule has 1 nitrogen and oxygen atoms in total. The van der Waals surface area contributed by atoms with E-state index in [-0.39, 0.29) is 0 Å². The third-order valence-electron chi connectivity index (χ3n) is 2.41. The van der Waals surface area contributed by atoms with Gasteiger partial charge in [0, 0.05) is 11.9 Å². The lowest BCUT2D eigenvalue weighted by Crippen LogP contribution is -2.03. The van der Waals surface area contributed by atoms with Crippen molar-refractivity contribution < 1.29 is 0 Å². The predicted molar refractivity (Wildman–Crippen MR) is 52.2 cm³/mol. The second-order valence-corrected chi connectivity index (χ2v) is 3.40. The maximum Gasteiger partial charge on any atom is 0.0438 e. The van der Waals surface area contributed by atoms with Crippen LogP contribution in [0.1, 0.15) is 19.8 Å². The number of hydrogen-bond donors (Lipinski definition) is 0. The van der Waals surface area contributed by atoms with Gasteiger partial charge in [-0.1, -0.05) is 24.3 Å². The van der Waals surface area contributed by atoms with Gasteiger partial charge in [-0.15, -0.1) is 0 Å². The molecule has 0 fully saturated rings. The molecule has 0 aromatic rings. The van der Waals surface area contributed by atoms with Crippen molar-refractivity contribution in [2.75, 3.05) is 0 Å². The van der Waals surface area contributed by atoms with Crippen LogP contribution in [0.5, 0.6) is 0 Å². The first-order valence-corrected chi connectivity index (χ1v) is 4.43. The van der Waals surface area contributed by atoms with Gasteiger partial charge in [0.15, 0.2) is 0 Å². The molecule has 0 aromatic carbocycles. The third kappa shape index (κ3) is 1.40. The van der Waals surface area contributed by atoms with Crippen molar-refractivity contribution in [1.82, 2.24) is 0 Å². The fourth-order valence-corrected chi connectivity index (χ4v) is 1.63. The molecule has 0 saturated heterocycles. The Balaban J connectivity index is 2.37. The van der Waals surface area contributed by atoms with Crippen molar-refractivity contribution in [2.45, 2.75) is 19.8 Å². The van der Waals surface area contributed by atoms with Crippen LogP contribution < -0.4 is 0 Å². The van der Waals surface area contributed by atoms with Gasteiger partial charge in [-0.25, -0.2) is 0 Å². The molecule has 2 aliphatic rings. The zero-order valence-corrected chi connectivity index (χ0v) is 7.33. The molecule has 1 heteroatoms. The van der Waals surface area contributed by atoms with Crippen LogP contribution in [0.15, 0.2) is 41.1 Å². The van der Waals surface area contributed by atoms with E-state index in [0.29, 0.717) is 5.92 Å². The van der Waals surface area contributed by atoms with E-state index in [9.17, 15) is 0 Å². The van der Waals surface area contributed by atoms with E-state index in [2.05, 4.69) is 36.2 Å². The average Bonchev–Trinajstić information content (AvgIpc) is 2.38. The SMILES string of the molecule is CC1=CC=CC2CC=CN=C1C2. The van der Waals surface area contributed by atoms with E-state index < -0.39 is 0 Å². The van der Waals surface area contributed by atoms with E-state index in [4.69, 9.17) is 0 Å². The fraction of sp³-hybridized carbons (Fsp3) is 0.364. The monoisotopic (exact) mass is 159 g/mol. The summed E-state index contributed by atoms with van der Waals surface area (Å²) >= 11 is 0. The molecule has 1 heterocycles. The molecule has 0 saturated carbocycles. The van der Waals surface area contributed by atoms with Gasteiger partial charge in [0.25, 0.3) is 0 Å².